The second-order valence-electron chi connectivity index (χ2n) is 9.17. The van der Waals surface area contributed by atoms with Crippen LogP contribution in [0.3, 0.4) is 0 Å². The van der Waals surface area contributed by atoms with Crippen LogP contribution in [0.15, 0.2) is 42.5 Å². The molecule has 0 spiro atoms. The lowest BCUT2D eigenvalue weighted by Crippen LogP contribution is -2.30. The second-order valence-corrected chi connectivity index (χ2v) is 9.17. The van der Waals surface area contributed by atoms with E-state index in [-0.39, 0.29) is 17.2 Å². The van der Waals surface area contributed by atoms with E-state index in [0.717, 1.165) is 28.7 Å². The molecule has 4 N–H and O–H groups in total. The van der Waals surface area contributed by atoms with Crippen LogP contribution in [0, 0.1) is 5.92 Å². The van der Waals surface area contributed by atoms with Crippen LogP contribution in [-0.2, 0) is 5.41 Å². The number of phenolic OH excluding ortho intramolecular Hbond substituents is 1. The first-order valence-corrected chi connectivity index (χ1v) is 10.2. The third kappa shape index (κ3) is 5.04. The Morgan fingerprint density at radius 1 is 1.07 bits per heavy atom. The zero-order valence-electron chi connectivity index (χ0n) is 18.0. The van der Waals surface area contributed by atoms with Gasteiger partial charge in [0, 0.05) is 18.0 Å². The zero-order valence-corrected chi connectivity index (χ0v) is 18.0. The monoisotopic (exact) mass is 392 g/mol. The van der Waals surface area contributed by atoms with Gasteiger partial charge in [-0.15, -0.1) is 0 Å². The Balaban J connectivity index is 2.04. The number of rotatable bonds is 6. The molecule has 29 heavy (non-hydrogen) atoms. The van der Waals surface area contributed by atoms with Gasteiger partial charge < -0.3 is 16.2 Å². The Morgan fingerprint density at radius 2 is 1.79 bits per heavy atom. The lowest BCUT2D eigenvalue weighted by atomic mass is 9.86. The van der Waals surface area contributed by atoms with E-state index in [0.29, 0.717) is 23.9 Å². The first kappa shape index (κ1) is 21.1. The number of nitrogens with one attached hydrogen (secondary N) is 1. The molecule has 0 aliphatic heterocycles. The largest absolute Gasteiger partial charge is 0.507 e. The SMILES string of the molecule is CC(C)C[C@H](N)CNc1nc(-c2cc(C(C)(C)C)ccc2O)nc2ccccc12. The summed E-state index contributed by atoms with van der Waals surface area (Å²) in [6.45, 7) is 11.4. The van der Waals surface area contributed by atoms with Crippen LogP contribution in [0.5, 0.6) is 5.75 Å². The minimum absolute atomic E-state index is 0.0377. The molecule has 0 saturated heterocycles. The zero-order chi connectivity index (χ0) is 21.2. The number of phenols is 1. The maximum Gasteiger partial charge on any atom is 0.165 e. The van der Waals surface area contributed by atoms with Gasteiger partial charge in [-0.05, 0) is 47.6 Å². The van der Waals surface area contributed by atoms with Gasteiger partial charge in [-0.3, -0.25) is 0 Å². The highest BCUT2D eigenvalue weighted by Crippen LogP contribution is 2.34. The number of nitrogens with two attached hydrogens (primary N) is 1. The average molecular weight is 393 g/mol. The lowest BCUT2D eigenvalue weighted by molar-refractivity contribution is 0.475. The molecule has 0 amide bonds. The molecule has 3 aromatic rings. The molecule has 1 atom stereocenters. The normalized spacial score (nSPS) is 13.1. The molecule has 5 heteroatoms. The highest BCUT2D eigenvalue weighted by molar-refractivity contribution is 5.91. The quantitative estimate of drug-likeness (QED) is 0.544. The number of hydrogen-bond acceptors (Lipinski definition) is 5. The summed E-state index contributed by atoms with van der Waals surface area (Å²) in [5, 5.41) is 14.9. The third-order valence-electron chi connectivity index (χ3n) is 5.01. The van der Waals surface area contributed by atoms with Crippen molar-refractivity contribution in [3.63, 3.8) is 0 Å². The van der Waals surface area contributed by atoms with Crippen molar-refractivity contribution in [3.05, 3.63) is 48.0 Å². The van der Waals surface area contributed by atoms with Crippen molar-refractivity contribution in [2.24, 2.45) is 11.7 Å². The summed E-state index contributed by atoms with van der Waals surface area (Å²) < 4.78 is 0. The molecule has 154 valence electrons. The van der Waals surface area contributed by atoms with Crippen molar-refractivity contribution in [2.75, 3.05) is 11.9 Å². The summed E-state index contributed by atoms with van der Waals surface area (Å²) in [6.07, 6.45) is 0.942. The Hall–Kier alpha value is -2.66. The standard InChI is InChI=1S/C24H32N4O/c1-15(2)12-17(25)14-26-22-18-8-6-7-9-20(18)27-23(28-22)19-13-16(24(3,4)5)10-11-21(19)29/h6-11,13,15,17,29H,12,14,25H2,1-5H3,(H,26,27,28)/t17-/m0/s1. The number of hydrogen-bond donors (Lipinski definition) is 3. The molecule has 0 saturated carbocycles. The summed E-state index contributed by atoms with van der Waals surface area (Å²) in [5.74, 6) is 1.97. The van der Waals surface area contributed by atoms with Crippen molar-refractivity contribution >= 4 is 16.7 Å². The van der Waals surface area contributed by atoms with Crippen LogP contribution >= 0.6 is 0 Å². The summed E-state index contributed by atoms with van der Waals surface area (Å²) >= 11 is 0. The molecule has 0 aliphatic carbocycles. The predicted octanol–water partition coefficient (Wildman–Crippen LogP) is 5.09. The van der Waals surface area contributed by atoms with Crippen molar-refractivity contribution in [3.8, 4) is 17.1 Å². The maximum absolute atomic E-state index is 10.5. The van der Waals surface area contributed by atoms with Gasteiger partial charge in [-0.1, -0.05) is 52.8 Å². The summed E-state index contributed by atoms with van der Waals surface area (Å²) in [7, 11) is 0. The van der Waals surface area contributed by atoms with Gasteiger partial charge in [0.15, 0.2) is 5.82 Å². The fourth-order valence-corrected chi connectivity index (χ4v) is 3.43. The Labute approximate surface area is 173 Å². The molecule has 0 unspecified atom stereocenters. The molecule has 0 bridgehead atoms. The van der Waals surface area contributed by atoms with Crippen LogP contribution in [0.1, 0.15) is 46.6 Å². The summed E-state index contributed by atoms with van der Waals surface area (Å²) in [4.78, 5) is 9.49. The van der Waals surface area contributed by atoms with Gasteiger partial charge in [0.1, 0.15) is 11.6 Å². The van der Waals surface area contributed by atoms with E-state index in [2.05, 4.69) is 39.9 Å². The first-order chi connectivity index (χ1) is 13.6. The number of para-hydroxylation sites is 1. The maximum atomic E-state index is 10.5. The topological polar surface area (TPSA) is 84.1 Å². The van der Waals surface area contributed by atoms with Crippen molar-refractivity contribution in [1.82, 2.24) is 9.97 Å². The van der Waals surface area contributed by atoms with Crippen LogP contribution < -0.4 is 11.1 Å². The molecular weight excluding hydrogens is 360 g/mol. The van der Waals surface area contributed by atoms with Gasteiger partial charge in [-0.2, -0.15) is 0 Å². The van der Waals surface area contributed by atoms with Gasteiger partial charge in [-0.25, -0.2) is 9.97 Å². The van der Waals surface area contributed by atoms with Crippen molar-refractivity contribution < 1.29 is 5.11 Å². The fourth-order valence-electron chi connectivity index (χ4n) is 3.43. The Kier molecular flexibility index (Phi) is 6.08. The molecule has 1 aromatic heterocycles. The van der Waals surface area contributed by atoms with Crippen LogP contribution in [0.25, 0.3) is 22.3 Å². The van der Waals surface area contributed by atoms with Crippen molar-refractivity contribution in [1.29, 1.82) is 0 Å². The minimum atomic E-state index is -0.0377. The number of aromatic hydroxyl groups is 1. The highest BCUT2D eigenvalue weighted by Gasteiger charge is 2.18. The van der Waals surface area contributed by atoms with E-state index in [4.69, 9.17) is 15.7 Å². The number of anilines is 1. The summed E-state index contributed by atoms with van der Waals surface area (Å²) in [6, 6.07) is 13.6. The second kappa shape index (κ2) is 8.37. The highest BCUT2D eigenvalue weighted by atomic mass is 16.3. The number of fused-ring (bicyclic) bond motifs is 1. The molecule has 0 aliphatic rings. The number of aromatic nitrogens is 2. The molecule has 1 heterocycles. The Morgan fingerprint density at radius 3 is 2.48 bits per heavy atom. The van der Waals surface area contributed by atoms with E-state index < -0.39 is 0 Å². The van der Waals surface area contributed by atoms with E-state index in [1.54, 1.807) is 6.07 Å². The number of benzene rings is 2. The molecule has 2 aromatic carbocycles. The number of nitrogens with zero attached hydrogens (tertiary/aromatic N) is 2. The Bertz CT molecular complexity index is 992. The third-order valence-corrected chi connectivity index (χ3v) is 5.01. The first-order valence-electron chi connectivity index (χ1n) is 10.2. The average Bonchev–Trinajstić information content (AvgIpc) is 2.64. The fraction of sp³-hybridized carbons (Fsp3) is 0.417. The van der Waals surface area contributed by atoms with E-state index >= 15 is 0 Å². The van der Waals surface area contributed by atoms with Gasteiger partial charge in [0.25, 0.3) is 0 Å². The van der Waals surface area contributed by atoms with Crippen LogP contribution in [0.2, 0.25) is 0 Å². The van der Waals surface area contributed by atoms with E-state index in [1.807, 2.05) is 36.4 Å². The van der Waals surface area contributed by atoms with Gasteiger partial charge in [0.2, 0.25) is 0 Å². The van der Waals surface area contributed by atoms with Gasteiger partial charge >= 0.3 is 0 Å². The van der Waals surface area contributed by atoms with E-state index in [1.165, 1.54) is 0 Å². The molecule has 0 fully saturated rings. The summed E-state index contributed by atoms with van der Waals surface area (Å²) in [5.41, 5.74) is 8.81. The smallest absolute Gasteiger partial charge is 0.165 e. The van der Waals surface area contributed by atoms with Gasteiger partial charge in [0.05, 0.1) is 11.1 Å². The van der Waals surface area contributed by atoms with Crippen LogP contribution in [-0.4, -0.2) is 27.7 Å². The lowest BCUT2D eigenvalue weighted by Gasteiger charge is -2.20. The molecular formula is C24H32N4O. The van der Waals surface area contributed by atoms with E-state index in [9.17, 15) is 5.11 Å². The minimum Gasteiger partial charge on any atom is -0.507 e. The van der Waals surface area contributed by atoms with Crippen LogP contribution in [0.4, 0.5) is 5.82 Å². The molecule has 0 radical (unpaired) electrons. The molecule has 5 nitrogen and oxygen atoms in total. The molecule has 3 rings (SSSR count). The predicted molar refractivity (Wildman–Crippen MR) is 121 cm³/mol. The van der Waals surface area contributed by atoms with Crippen molar-refractivity contribution in [2.45, 2.75) is 52.5 Å².